The first kappa shape index (κ1) is 26.1. The van der Waals surface area contributed by atoms with Crippen LogP contribution in [-0.4, -0.2) is 76.3 Å². The lowest BCUT2D eigenvalue weighted by atomic mass is 9.96. The Balaban J connectivity index is 0.000000270. The average molecular weight is 502 g/mol. The molecule has 0 radical (unpaired) electrons. The Labute approximate surface area is 218 Å². The largest absolute Gasteiger partial charge is 0.508 e. The lowest BCUT2D eigenvalue weighted by Gasteiger charge is -2.30. The van der Waals surface area contributed by atoms with Crippen molar-refractivity contribution >= 4 is 11.7 Å². The van der Waals surface area contributed by atoms with Crippen LogP contribution in [0.25, 0.3) is 0 Å². The van der Waals surface area contributed by atoms with Gasteiger partial charge in [0.25, 0.3) is 0 Å². The molecule has 1 aromatic heterocycles. The number of nitrogens with zero attached hydrogens (tertiary/aromatic N) is 5. The molecular formula is C28H35N7O2. The van der Waals surface area contributed by atoms with Gasteiger partial charge in [-0.05, 0) is 68.9 Å². The number of piperidine rings is 1. The van der Waals surface area contributed by atoms with Gasteiger partial charge in [0.05, 0.1) is 6.54 Å². The number of aliphatic imine (C=N–C) groups is 1. The van der Waals surface area contributed by atoms with Crippen molar-refractivity contribution in [1.82, 2.24) is 19.8 Å². The Bertz CT molecular complexity index is 1220. The van der Waals surface area contributed by atoms with E-state index in [0.29, 0.717) is 17.4 Å². The molecule has 0 atom stereocenters. The number of benzene rings is 2. The fourth-order valence-corrected chi connectivity index (χ4v) is 4.42. The van der Waals surface area contributed by atoms with Crippen molar-refractivity contribution in [3.63, 3.8) is 0 Å². The minimum absolute atomic E-state index is 0.0139. The molecule has 2 aliphatic heterocycles. The van der Waals surface area contributed by atoms with Crippen molar-refractivity contribution in [2.24, 2.45) is 10.7 Å². The van der Waals surface area contributed by atoms with Gasteiger partial charge >= 0.3 is 0 Å². The van der Waals surface area contributed by atoms with Gasteiger partial charge in [0, 0.05) is 42.9 Å². The molecule has 3 aromatic rings. The van der Waals surface area contributed by atoms with Crippen molar-refractivity contribution in [2.75, 3.05) is 39.8 Å². The van der Waals surface area contributed by atoms with Crippen LogP contribution in [0.2, 0.25) is 0 Å². The van der Waals surface area contributed by atoms with Crippen LogP contribution in [0.15, 0.2) is 65.8 Å². The van der Waals surface area contributed by atoms with E-state index in [9.17, 15) is 0 Å². The molecule has 0 saturated carbocycles. The Kier molecular flexibility index (Phi) is 8.68. The number of phenols is 1. The number of hydrogen-bond acceptors (Lipinski definition) is 8. The van der Waals surface area contributed by atoms with E-state index in [4.69, 9.17) is 26.0 Å². The molecule has 0 aliphatic carbocycles. The minimum Gasteiger partial charge on any atom is -0.508 e. The number of nitrogens with two attached hydrogens (primary N) is 1. The highest BCUT2D eigenvalue weighted by atomic mass is 16.5. The summed E-state index contributed by atoms with van der Waals surface area (Å²) in [6, 6.07) is 16.1. The normalized spacial score (nSPS) is 16.1. The van der Waals surface area contributed by atoms with Gasteiger partial charge in [-0.15, -0.1) is 0 Å². The molecule has 5 rings (SSSR count). The average Bonchev–Trinajstić information content (AvgIpc) is 3.35. The summed E-state index contributed by atoms with van der Waals surface area (Å²) in [6.45, 7) is 7.39. The predicted octanol–water partition coefficient (Wildman–Crippen LogP) is 3.84. The van der Waals surface area contributed by atoms with Crippen LogP contribution < -0.4 is 10.5 Å². The van der Waals surface area contributed by atoms with Crippen LogP contribution >= 0.6 is 0 Å². The van der Waals surface area contributed by atoms with Gasteiger partial charge in [-0.25, -0.2) is 4.98 Å². The summed E-state index contributed by atoms with van der Waals surface area (Å²) >= 11 is 0. The number of amidine groups is 2. The zero-order chi connectivity index (χ0) is 26.2. The summed E-state index contributed by atoms with van der Waals surface area (Å²) < 4.78 is 6.05. The van der Waals surface area contributed by atoms with Gasteiger partial charge in [0.1, 0.15) is 29.0 Å². The maximum Gasteiger partial charge on any atom is 0.222 e. The number of ether oxygens (including phenoxy) is 1. The predicted molar refractivity (Wildman–Crippen MR) is 146 cm³/mol. The van der Waals surface area contributed by atoms with Crippen molar-refractivity contribution in [3.8, 4) is 17.4 Å². The first-order chi connectivity index (χ1) is 17.9. The second kappa shape index (κ2) is 12.3. The highest BCUT2D eigenvalue weighted by molar-refractivity contribution is 5.99. The molecule has 0 unspecified atom stereocenters. The van der Waals surface area contributed by atoms with Gasteiger partial charge in [0.2, 0.25) is 5.88 Å². The molecule has 3 heterocycles. The molecule has 0 amide bonds. The van der Waals surface area contributed by atoms with E-state index in [2.05, 4.69) is 39.8 Å². The van der Waals surface area contributed by atoms with E-state index >= 15 is 0 Å². The van der Waals surface area contributed by atoms with Crippen molar-refractivity contribution in [1.29, 1.82) is 5.41 Å². The van der Waals surface area contributed by atoms with E-state index in [0.717, 1.165) is 68.5 Å². The van der Waals surface area contributed by atoms with Gasteiger partial charge in [-0.3, -0.25) is 10.4 Å². The van der Waals surface area contributed by atoms with Gasteiger partial charge in [-0.1, -0.05) is 19.1 Å². The van der Waals surface area contributed by atoms with E-state index < -0.39 is 0 Å². The molecule has 194 valence electrons. The number of nitrogen functional groups attached to an aromatic ring is 1. The number of hydrogen-bond donors (Lipinski definition) is 3. The molecule has 4 N–H and O–H groups in total. The first-order valence-electron chi connectivity index (χ1n) is 12.7. The fourth-order valence-electron chi connectivity index (χ4n) is 4.42. The lowest BCUT2D eigenvalue weighted by molar-refractivity contribution is 0.218. The summed E-state index contributed by atoms with van der Waals surface area (Å²) in [5.41, 5.74) is 6.87. The number of aromatic nitrogens is 2. The van der Waals surface area contributed by atoms with Crippen molar-refractivity contribution in [2.45, 2.75) is 25.7 Å². The van der Waals surface area contributed by atoms with Crippen LogP contribution in [0.3, 0.4) is 0 Å². The van der Waals surface area contributed by atoms with Gasteiger partial charge < -0.3 is 25.4 Å². The Morgan fingerprint density at radius 3 is 2.51 bits per heavy atom. The number of likely N-dealkylation sites (tertiary alicyclic amines) is 1. The van der Waals surface area contributed by atoms with E-state index in [1.54, 1.807) is 12.1 Å². The van der Waals surface area contributed by atoms with E-state index in [-0.39, 0.29) is 11.6 Å². The summed E-state index contributed by atoms with van der Waals surface area (Å²) in [5.74, 6) is 3.93. The maximum atomic E-state index is 8.83. The van der Waals surface area contributed by atoms with E-state index in [1.165, 1.54) is 12.1 Å². The number of likely N-dealkylation sites (N-methyl/N-ethyl adjacent to an activating group) is 1. The number of rotatable bonds is 6. The monoisotopic (exact) mass is 501 g/mol. The maximum absolute atomic E-state index is 8.83. The Morgan fingerprint density at radius 1 is 1.11 bits per heavy atom. The molecule has 9 heteroatoms. The molecule has 1 fully saturated rings. The third kappa shape index (κ3) is 7.04. The zero-order valence-corrected chi connectivity index (χ0v) is 21.5. The summed E-state index contributed by atoms with van der Waals surface area (Å²) in [6.07, 6.45) is 4.03. The first-order valence-corrected chi connectivity index (χ1v) is 12.7. The van der Waals surface area contributed by atoms with Crippen molar-refractivity contribution < 1.29 is 9.84 Å². The number of phenolic OH excluding ortho intramolecular Hbond substituents is 1. The summed E-state index contributed by atoms with van der Waals surface area (Å²) in [7, 11) is 2.07. The third-order valence-corrected chi connectivity index (χ3v) is 6.60. The van der Waals surface area contributed by atoms with Crippen LogP contribution in [0.5, 0.6) is 17.4 Å². The molecule has 2 aliphatic rings. The number of aromatic hydroxyl groups is 1. The SMILES string of the molecule is CCN1CCC(c2nccc(Oc3cccc(C4=NCCN4C)c3)n2)CC1.N=C(N)c1ccc(O)cc1. The van der Waals surface area contributed by atoms with E-state index in [1.807, 2.05) is 30.5 Å². The molecule has 0 bridgehead atoms. The van der Waals surface area contributed by atoms with Crippen LogP contribution in [0, 0.1) is 5.41 Å². The minimum atomic E-state index is 0.0139. The number of nitrogens with one attached hydrogen (secondary N) is 1. The fraction of sp³-hybridized carbons (Fsp3) is 0.357. The van der Waals surface area contributed by atoms with Crippen LogP contribution in [0.4, 0.5) is 0 Å². The molecular weight excluding hydrogens is 466 g/mol. The van der Waals surface area contributed by atoms with Crippen LogP contribution in [0.1, 0.15) is 42.6 Å². The van der Waals surface area contributed by atoms with Crippen molar-refractivity contribution in [3.05, 3.63) is 77.7 Å². The molecule has 9 nitrogen and oxygen atoms in total. The smallest absolute Gasteiger partial charge is 0.222 e. The van der Waals surface area contributed by atoms with Gasteiger partial charge in [-0.2, -0.15) is 4.98 Å². The molecule has 2 aromatic carbocycles. The topological polar surface area (TPSA) is 124 Å². The Hall–Kier alpha value is -3.98. The lowest BCUT2D eigenvalue weighted by Crippen LogP contribution is -2.33. The van der Waals surface area contributed by atoms with Crippen LogP contribution in [-0.2, 0) is 0 Å². The standard InChI is InChI=1S/C21H27N5O.C7H8N2O/c1-3-26-12-8-16(9-13-26)20-22-10-7-19(24-20)27-18-6-4-5-17(15-18)21-23-11-14-25(21)2;8-7(9)5-1-3-6(10)4-2-5/h4-7,10,15-16H,3,8-9,11-14H2,1-2H3;1-4,10H,(H3,8,9). The summed E-state index contributed by atoms with van der Waals surface area (Å²) in [4.78, 5) is 18.4. The zero-order valence-electron chi connectivity index (χ0n) is 21.5. The highest BCUT2D eigenvalue weighted by Crippen LogP contribution is 2.28. The van der Waals surface area contributed by atoms with Gasteiger partial charge in [0.15, 0.2) is 0 Å². The molecule has 1 saturated heterocycles. The molecule has 0 spiro atoms. The molecule has 37 heavy (non-hydrogen) atoms. The highest BCUT2D eigenvalue weighted by Gasteiger charge is 2.22. The quantitative estimate of drug-likeness (QED) is 0.346. The second-order valence-corrected chi connectivity index (χ2v) is 9.18. The third-order valence-electron chi connectivity index (χ3n) is 6.60. The second-order valence-electron chi connectivity index (χ2n) is 9.18. The Morgan fingerprint density at radius 2 is 1.86 bits per heavy atom. The summed E-state index contributed by atoms with van der Waals surface area (Å²) in [5, 5.41) is 15.8.